The van der Waals surface area contributed by atoms with E-state index < -0.39 is 35.5 Å². The summed E-state index contributed by atoms with van der Waals surface area (Å²) in [4.78, 5) is 66.4. The fourth-order valence-corrected chi connectivity index (χ4v) is 4.93. The predicted molar refractivity (Wildman–Crippen MR) is 140 cm³/mol. The van der Waals surface area contributed by atoms with Crippen molar-refractivity contribution in [1.82, 2.24) is 20.9 Å². The number of alkyl halides is 1. The number of Topliss-reactive ketones (excluding diaryl/α,β-unsaturated/α-hetero) is 1. The Bertz CT molecular complexity index is 1000. The summed E-state index contributed by atoms with van der Waals surface area (Å²) >= 11 is 5.54. The highest BCUT2D eigenvalue weighted by Crippen LogP contribution is 2.21. The van der Waals surface area contributed by atoms with Crippen molar-refractivity contribution in [2.75, 3.05) is 12.4 Å². The number of carbonyl (C=O) groups excluding carboxylic acids is 5. The van der Waals surface area contributed by atoms with Gasteiger partial charge in [0.05, 0.1) is 5.88 Å². The number of rotatable bonds is 9. The highest BCUT2D eigenvalue weighted by atomic mass is 35.5. The van der Waals surface area contributed by atoms with E-state index in [0.29, 0.717) is 51.5 Å². The molecule has 3 atom stereocenters. The van der Waals surface area contributed by atoms with Gasteiger partial charge in [0.15, 0.2) is 0 Å². The maximum Gasteiger partial charge on any atom is 0.246 e. The van der Waals surface area contributed by atoms with E-state index in [2.05, 4.69) is 16.0 Å². The number of carbonyl (C=O) groups is 5. The Balaban J connectivity index is 1.80. The molecule has 9 nitrogen and oxygen atoms in total. The lowest BCUT2D eigenvalue weighted by molar-refractivity contribution is -0.144. The van der Waals surface area contributed by atoms with E-state index in [1.165, 1.54) is 4.90 Å². The second kappa shape index (κ2) is 13.0. The van der Waals surface area contributed by atoms with Gasteiger partial charge in [-0.2, -0.15) is 0 Å². The van der Waals surface area contributed by atoms with Crippen LogP contribution in [-0.2, 0) is 30.4 Å². The summed E-state index contributed by atoms with van der Waals surface area (Å²) in [5, 5.41) is 8.44. The third-order valence-corrected chi connectivity index (χ3v) is 7.26. The molecule has 3 rings (SSSR count). The largest absolute Gasteiger partial charge is 0.343 e. The molecule has 10 heteroatoms. The molecule has 0 saturated carbocycles. The number of nitrogens with one attached hydrogen (secondary N) is 3. The van der Waals surface area contributed by atoms with Gasteiger partial charge >= 0.3 is 0 Å². The van der Waals surface area contributed by atoms with Crippen LogP contribution in [0.15, 0.2) is 30.3 Å². The van der Waals surface area contributed by atoms with E-state index in [-0.39, 0.29) is 29.9 Å². The van der Waals surface area contributed by atoms with Crippen LogP contribution in [0, 0.1) is 0 Å². The summed E-state index contributed by atoms with van der Waals surface area (Å²) in [6.45, 7) is 3.56. The number of halogens is 1. The van der Waals surface area contributed by atoms with Crippen molar-refractivity contribution in [3.63, 3.8) is 0 Å². The monoisotopic (exact) mass is 532 g/mol. The molecule has 2 aliphatic rings. The van der Waals surface area contributed by atoms with Crippen LogP contribution in [-0.4, -0.2) is 70.4 Å². The highest BCUT2D eigenvalue weighted by molar-refractivity contribution is 6.27. The first kappa shape index (κ1) is 28.6. The predicted octanol–water partition coefficient (Wildman–Crippen LogP) is 1.86. The van der Waals surface area contributed by atoms with Crippen molar-refractivity contribution >= 4 is 41.0 Å². The molecule has 1 aromatic carbocycles. The first-order valence-electron chi connectivity index (χ1n) is 13.0. The standard InChI is InChI=1S/C27H37ClN4O5/c1-27(2)26(37)30-21(16-18-10-5-3-6-11-18)25(36)32-15-9-14-22(32)24(35)29-20(23(34)31-27)13-8-4-7-12-19(33)17-28/h3,5-6,10-11,20-22H,4,7-9,12-17H2,1-2H3,(H,29,35)(H,30,37)(H,31,34)/t20-,21-,22?/m0/s1. The Morgan fingerprint density at radius 2 is 1.73 bits per heavy atom. The zero-order valence-corrected chi connectivity index (χ0v) is 22.3. The maximum absolute atomic E-state index is 13.6. The minimum atomic E-state index is -1.31. The Hall–Kier alpha value is -2.94. The van der Waals surface area contributed by atoms with Gasteiger partial charge in [0.25, 0.3) is 0 Å². The average molecular weight is 533 g/mol. The van der Waals surface area contributed by atoms with Gasteiger partial charge in [0.2, 0.25) is 23.6 Å². The number of hydrogen-bond acceptors (Lipinski definition) is 5. The van der Waals surface area contributed by atoms with Crippen LogP contribution in [0.3, 0.4) is 0 Å². The fraction of sp³-hybridized carbons (Fsp3) is 0.593. The number of fused-ring (bicyclic) bond motifs is 1. The van der Waals surface area contributed by atoms with Gasteiger partial charge in [-0.05, 0) is 45.1 Å². The van der Waals surface area contributed by atoms with Crippen molar-refractivity contribution < 1.29 is 24.0 Å². The number of nitrogens with zero attached hydrogens (tertiary/aromatic N) is 1. The van der Waals surface area contributed by atoms with Gasteiger partial charge in [-0.15, -0.1) is 11.6 Å². The lowest BCUT2D eigenvalue weighted by Gasteiger charge is -2.34. The van der Waals surface area contributed by atoms with Gasteiger partial charge < -0.3 is 20.9 Å². The molecule has 1 unspecified atom stereocenters. The molecule has 1 aromatic rings. The van der Waals surface area contributed by atoms with Crippen LogP contribution in [0.25, 0.3) is 0 Å². The third-order valence-electron chi connectivity index (χ3n) is 6.96. The molecule has 202 valence electrons. The average Bonchev–Trinajstić information content (AvgIpc) is 3.36. The van der Waals surface area contributed by atoms with Crippen molar-refractivity contribution in [1.29, 1.82) is 0 Å². The normalized spacial score (nSPS) is 24.3. The van der Waals surface area contributed by atoms with Crippen LogP contribution in [0.4, 0.5) is 0 Å². The van der Waals surface area contributed by atoms with Gasteiger partial charge in [0, 0.05) is 19.4 Å². The van der Waals surface area contributed by atoms with Crippen molar-refractivity contribution in [3.8, 4) is 0 Å². The molecule has 0 radical (unpaired) electrons. The quantitative estimate of drug-likeness (QED) is 0.331. The molecule has 2 aliphatic heterocycles. The van der Waals surface area contributed by atoms with Crippen molar-refractivity contribution in [2.45, 2.75) is 88.9 Å². The molecule has 4 amide bonds. The number of amides is 4. The van der Waals surface area contributed by atoms with E-state index in [9.17, 15) is 24.0 Å². The third kappa shape index (κ3) is 7.77. The van der Waals surface area contributed by atoms with E-state index in [0.717, 1.165) is 5.56 Å². The van der Waals surface area contributed by atoms with Gasteiger partial charge in [-0.3, -0.25) is 24.0 Å². The highest BCUT2D eigenvalue weighted by Gasteiger charge is 2.42. The zero-order chi connectivity index (χ0) is 27.0. The van der Waals surface area contributed by atoms with Gasteiger partial charge in [0.1, 0.15) is 29.4 Å². The summed E-state index contributed by atoms with van der Waals surface area (Å²) in [5.74, 6) is -1.65. The Labute approximate surface area is 223 Å². The molecule has 2 heterocycles. The van der Waals surface area contributed by atoms with Crippen LogP contribution >= 0.6 is 11.6 Å². The summed E-state index contributed by atoms with van der Waals surface area (Å²) in [6, 6.07) is 6.93. The van der Waals surface area contributed by atoms with Crippen LogP contribution in [0.2, 0.25) is 0 Å². The topological polar surface area (TPSA) is 125 Å². The van der Waals surface area contributed by atoms with E-state index in [1.807, 2.05) is 30.3 Å². The Morgan fingerprint density at radius 1 is 1.00 bits per heavy atom. The SMILES string of the molecule is CC1(C)NC(=O)[C@H](CCCCCC(=O)CCl)NC(=O)C2CCCN2C(=O)[C@H](Cc2ccccc2)NC1=O. The minimum absolute atomic E-state index is 0.0128. The van der Waals surface area contributed by atoms with E-state index >= 15 is 0 Å². The molecule has 0 spiro atoms. The van der Waals surface area contributed by atoms with Crippen molar-refractivity contribution in [3.05, 3.63) is 35.9 Å². The molecule has 0 aromatic heterocycles. The van der Waals surface area contributed by atoms with Crippen LogP contribution in [0.1, 0.15) is 64.4 Å². The number of benzene rings is 1. The van der Waals surface area contributed by atoms with Crippen LogP contribution in [0.5, 0.6) is 0 Å². The molecular weight excluding hydrogens is 496 g/mol. The summed E-state index contributed by atoms with van der Waals surface area (Å²) in [7, 11) is 0. The summed E-state index contributed by atoms with van der Waals surface area (Å²) in [5.41, 5.74) is -0.436. The smallest absolute Gasteiger partial charge is 0.246 e. The molecule has 0 aliphatic carbocycles. The van der Waals surface area contributed by atoms with Crippen molar-refractivity contribution in [2.24, 2.45) is 0 Å². The lowest BCUT2D eigenvalue weighted by atomic mass is 9.98. The molecule has 0 bridgehead atoms. The van der Waals surface area contributed by atoms with Gasteiger partial charge in [-0.25, -0.2) is 0 Å². The second-order valence-electron chi connectivity index (χ2n) is 10.4. The molecular formula is C27H37ClN4O5. The molecule has 37 heavy (non-hydrogen) atoms. The Morgan fingerprint density at radius 3 is 2.43 bits per heavy atom. The lowest BCUT2D eigenvalue weighted by Crippen LogP contribution is -2.64. The first-order valence-corrected chi connectivity index (χ1v) is 13.5. The fourth-order valence-electron chi connectivity index (χ4n) is 4.79. The summed E-state index contributed by atoms with van der Waals surface area (Å²) in [6.07, 6.45) is 4.10. The maximum atomic E-state index is 13.6. The molecule has 3 N–H and O–H groups in total. The number of ketones is 1. The first-order chi connectivity index (χ1) is 17.6. The summed E-state index contributed by atoms with van der Waals surface area (Å²) < 4.78 is 0. The zero-order valence-electron chi connectivity index (χ0n) is 21.6. The molecule has 2 fully saturated rings. The van der Waals surface area contributed by atoms with E-state index in [1.54, 1.807) is 13.8 Å². The number of hydrogen-bond donors (Lipinski definition) is 3. The Kier molecular flexibility index (Phi) is 10.1. The second-order valence-corrected chi connectivity index (χ2v) is 10.6. The van der Waals surface area contributed by atoms with Crippen LogP contribution < -0.4 is 16.0 Å². The van der Waals surface area contributed by atoms with Gasteiger partial charge in [-0.1, -0.05) is 43.2 Å². The van der Waals surface area contributed by atoms with E-state index in [4.69, 9.17) is 11.6 Å². The number of unbranched alkanes of at least 4 members (excludes halogenated alkanes) is 2. The molecule has 2 saturated heterocycles. The minimum Gasteiger partial charge on any atom is -0.343 e.